The van der Waals surface area contributed by atoms with Crippen LogP contribution in [0.5, 0.6) is 0 Å². The quantitative estimate of drug-likeness (QED) is 0.430. The summed E-state index contributed by atoms with van der Waals surface area (Å²) in [4.78, 5) is 38.6. The van der Waals surface area contributed by atoms with Gasteiger partial charge in [0.25, 0.3) is 5.91 Å². The molecule has 0 saturated carbocycles. The van der Waals surface area contributed by atoms with E-state index in [1.54, 1.807) is 29.2 Å². The second kappa shape index (κ2) is 14.0. The monoisotopic (exact) mass is 424 g/mol. The van der Waals surface area contributed by atoms with Crippen LogP contribution in [0.3, 0.4) is 0 Å². The van der Waals surface area contributed by atoms with Crippen LogP contribution < -0.4 is 5.32 Å². The average Bonchev–Trinajstić information content (AvgIpc) is 2.70. The Labute approximate surface area is 178 Å². The Kier molecular flexibility index (Phi) is 12.0. The minimum atomic E-state index is -0.993. The van der Waals surface area contributed by atoms with Crippen molar-refractivity contribution in [1.82, 2.24) is 10.2 Å². The van der Waals surface area contributed by atoms with E-state index in [1.807, 2.05) is 0 Å². The van der Waals surface area contributed by atoms with Gasteiger partial charge in [-0.3, -0.25) is 14.4 Å². The first-order valence-corrected chi connectivity index (χ1v) is 10.8. The Bertz CT molecular complexity index is 639. The van der Waals surface area contributed by atoms with Crippen molar-refractivity contribution in [3.8, 4) is 0 Å². The number of rotatable bonds is 14. The van der Waals surface area contributed by atoms with Crippen LogP contribution in [0.4, 0.5) is 0 Å². The topological polar surface area (TPSA) is 86.7 Å². The van der Waals surface area contributed by atoms with Gasteiger partial charge in [0.05, 0.1) is 0 Å². The fourth-order valence-electron chi connectivity index (χ4n) is 3.03. The number of hydrogen-bond acceptors (Lipinski definition) is 3. The first-order valence-electron chi connectivity index (χ1n) is 10.5. The molecule has 0 spiro atoms. The van der Waals surface area contributed by atoms with E-state index in [1.165, 1.54) is 0 Å². The second-order valence-electron chi connectivity index (χ2n) is 7.20. The van der Waals surface area contributed by atoms with Gasteiger partial charge >= 0.3 is 5.97 Å². The summed E-state index contributed by atoms with van der Waals surface area (Å²) in [5.74, 6) is -1.61. The molecule has 0 radical (unpaired) electrons. The molecule has 2 N–H and O–H groups in total. The van der Waals surface area contributed by atoms with Gasteiger partial charge in [-0.05, 0) is 43.5 Å². The molecule has 1 rings (SSSR count). The van der Waals surface area contributed by atoms with Crippen molar-refractivity contribution in [2.45, 2.75) is 71.3 Å². The first kappa shape index (κ1) is 25.0. The lowest BCUT2D eigenvalue weighted by atomic mass is 10.1. The fraction of sp³-hybridized carbons (Fsp3) is 0.591. The first-order chi connectivity index (χ1) is 13.9. The number of aliphatic carboxylic acids is 1. The number of carboxylic acids is 1. The van der Waals surface area contributed by atoms with Gasteiger partial charge in [-0.1, -0.05) is 51.1 Å². The van der Waals surface area contributed by atoms with Crippen molar-refractivity contribution in [1.29, 1.82) is 0 Å². The Morgan fingerprint density at radius 2 is 1.55 bits per heavy atom. The maximum Gasteiger partial charge on any atom is 0.303 e. The molecule has 0 fully saturated rings. The molecule has 6 nitrogen and oxygen atoms in total. The molecule has 0 aliphatic carbocycles. The largest absolute Gasteiger partial charge is 0.481 e. The van der Waals surface area contributed by atoms with E-state index in [9.17, 15) is 14.4 Å². The zero-order valence-electron chi connectivity index (χ0n) is 17.5. The Morgan fingerprint density at radius 1 is 1.00 bits per heavy atom. The third kappa shape index (κ3) is 9.79. The zero-order valence-corrected chi connectivity index (χ0v) is 18.2. The van der Waals surface area contributed by atoms with Crippen LogP contribution >= 0.6 is 11.6 Å². The van der Waals surface area contributed by atoms with Gasteiger partial charge in [0, 0.05) is 30.1 Å². The van der Waals surface area contributed by atoms with Crippen LogP contribution in [-0.2, 0) is 9.59 Å². The Morgan fingerprint density at radius 3 is 2.03 bits per heavy atom. The number of unbranched alkanes of at least 4 members (excludes halogenated alkanes) is 4. The predicted molar refractivity (Wildman–Crippen MR) is 115 cm³/mol. The molecule has 1 aromatic carbocycles. The van der Waals surface area contributed by atoms with E-state index < -0.39 is 17.9 Å². The van der Waals surface area contributed by atoms with Crippen molar-refractivity contribution in [3.05, 3.63) is 34.9 Å². The molecule has 0 aromatic heterocycles. The summed E-state index contributed by atoms with van der Waals surface area (Å²) in [7, 11) is 0. The molecule has 0 aliphatic rings. The highest BCUT2D eigenvalue weighted by Crippen LogP contribution is 2.12. The Balaban J connectivity index is 2.90. The number of amides is 2. The van der Waals surface area contributed by atoms with Crippen LogP contribution in [0.2, 0.25) is 5.02 Å². The van der Waals surface area contributed by atoms with E-state index in [0.717, 1.165) is 38.5 Å². The third-order valence-electron chi connectivity index (χ3n) is 4.73. The smallest absolute Gasteiger partial charge is 0.303 e. The molecular weight excluding hydrogens is 392 g/mol. The molecule has 7 heteroatoms. The number of benzene rings is 1. The molecular formula is C22H33ClN2O4. The fourth-order valence-corrected chi connectivity index (χ4v) is 3.15. The average molecular weight is 425 g/mol. The lowest BCUT2D eigenvalue weighted by molar-refractivity contribution is -0.138. The van der Waals surface area contributed by atoms with Crippen LogP contribution in [0.15, 0.2) is 24.3 Å². The minimum Gasteiger partial charge on any atom is -0.481 e. The molecule has 1 aromatic rings. The van der Waals surface area contributed by atoms with Gasteiger partial charge in [-0.25, -0.2) is 0 Å². The molecule has 1 unspecified atom stereocenters. The Hall–Kier alpha value is -2.08. The van der Waals surface area contributed by atoms with E-state index in [-0.39, 0.29) is 18.7 Å². The number of nitrogens with zero attached hydrogens (tertiary/aromatic N) is 1. The maximum atomic E-state index is 13.2. The molecule has 0 heterocycles. The molecule has 0 aliphatic heterocycles. The van der Waals surface area contributed by atoms with Gasteiger partial charge < -0.3 is 15.3 Å². The maximum absolute atomic E-state index is 13.2. The molecule has 1 atom stereocenters. The summed E-state index contributed by atoms with van der Waals surface area (Å²) in [6.07, 6.45) is 5.80. The van der Waals surface area contributed by atoms with Gasteiger partial charge in [-0.2, -0.15) is 0 Å². The highest BCUT2D eigenvalue weighted by molar-refractivity contribution is 6.30. The van der Waals surface area contributed by atoms with E-state index in [4.69, 9.17) is 16.7 Å². The van der Waals surface area contributed by atoms with Crippen LogP contribution in [-0.4, -0.2) is 46.9 Å². The number of hydrogen-bond donors (Lipinski definition) is 2. The van der Waals surface area contributed by atoms with Crippen molar-refractivity contribution >= 4 is 29.4 Å². The lowest BCUT2D eigenvalue weighted by Gasteiger charge is -2.28. The van der Waals surface area contributed by atoms with Crippen LogP contribution in [0.25, 0.3) is 0 Å². The van der Waals surface area contributed by atoms with Crippen LogP contribution in [0.1, 0.15) is 75.6 Å². The highest BCUT2D eigenvalue weighted by Gasteiger charge is 2.26. The molecule has 162 valence electrons. The van der Waals surface area contributed by atoms with Crippen molar-refractivity contribution in [2.75, 3.05) is 13.1 Å². The van der Waals surface area contributed by atoms with E-state index >= 15 is 0 Å². The molecule has 29 heavy (non-hydrogen) atoms. The summed E-state index contributed by atoms with van der Waals surface area (Å²) in [6.45, 7) is 5.45. The van der Waals surface area contributed by atoms with Crippen molar-refractivity contribution in [3.63, 3.8) is 0 Å². The summed E-state index contributed by atoms with van der Waals surface area (Å²) < 4.78 is 0. The molecule has 0 bridgehead atoms. The standard InChI is InChI=1S/C22H33ClN2O4/c1-3-5-7-15-25(16-8-6-4-2)22(29)19(13-14-20(26)27)24-21(28)17-9-11-18(23)12-10-17/h9-12,19H,3-8,13-16H2,1-2H3,(H,24,28)(H,26,27). The number of halogens is 1. The number of carbonyl (C=O) groups is 3. The number of carboxylic acid groups (broad SMARTS) is 1. The summed E-state index contributed by atoms with van der Waals surface area (Å²) in [5, 5.41) is 12.3. The van der Waals surface area contributed by atoms with Gasteiger partial charge in [-0.15, -0.1) is 0 Å². The molecule has 2 amide bonds. The summed E-state index contributed by atoms with van der Waals surface area (Å²) >= 11 is 5.86. The minimum absolute atomic E-state index is 0.0611. The lowest BCUT2D eigenvalue weighted by Crippen LogP contribution is -2.49. The summed E-state index contributed by atoms with van der Waals surface area (Å²) in [6, 6.07) is 5.50. The zero-order chi connectivity index (χ0) is 21.6. The van der Waals surface area contributed by atoms with Gasteiger partial charge in [0.15, 0.2) is 0 Å². The van der Waals surface area contributed by atoms with Crippen molar-refractivity contribution in [2.24, 2.45) is 0 Å². The van der Waals surface area contributed by atoms with Gasteiger partial charge in [0.2, 0.25) is 5.91 Å². The third-order valence-corrected chi connectivity index (χ3v) is 4.98. The SMILES string of the molecule is CCCCCN(CCCCC)C(=O)C(CCC(=O)O)NC(=O)c1ccc(Cl)cc1. The number of carbonyl (C=O) groups excluding carboxylic acids is 2. The van der Waals surface area contributed by atoms with Gasteiger partial charge in [0.1, 0.15) is 6.04 Å². The van der Waals surface area contributed by atoms with E-state index in [2.05, 4.69) is 19.2 Å². The summed E-state index contributed by atoms with van der Waals surface area (Å²) in [5.41, 5.74) is 0.381. The van der Waals surface area contributed by atoms with E-state index in [0.29, 0.717) is 23.7 Å². The highest BCUT2D eigenvalue weighted by atomic mass is 35.5. The van der Waals surface area contributed by atoms with Crippen molar-refractivity contribution < 1.29 is 19.5 Å². The predicted octanol–water partition coefficient (Wildman–Crippen LogP) is 4.51. The molecule has 0 saturated heterocycles. The van der Waals surface area contributed by atoms with Crippen LogP contribution in [0, 0.1) is 0 Å². The normalized spacial score (nSPS) is 11.7. The number of nitrogens with one attached hydrogen (secondary N) is 1. The second-order valence-corrected chi connectivity index (χ2v) is 7.64.